The van der Waals surface area contributed by atoms with Crippen LogP contribution in [0, 0.1) is 0 Å². The van der Waals surface area contributed by atoms with E-state index in [1.807, 2.05) is 19.2 Å². The van der Waals surface area contributed by atoms with Gasteiger partial charge in [0.2, 0.25) is 12.3 Å². The number of benzene rings is 1. The summed E-state index contributed by atoms with van der Waals surface area (Å²) in [7, 11) is 0. The predicted octanol–water partition coefficient (Wildman–Crippen LogP) is 1.54. The monoisotopic (exact) mass is 331 g/mol. The van der Waals surface area contributed by atoms with Crippen molar-refractivity contribution < 1.29 is 19.2 Å². The average molecular weight is 331 g/mol. The van der Waals surface area contributed by atoms with Gasteiger partial charge in [0.15, 0.2) is 0 Å². The Kier molecular flexibility index (Phi) is 5.33. The first-order valence-corrected chi connectivity index (χ1v) is 7.87. The van der Waals surface area contributed by atoms with Crippen molar-refractivity contribution in [3.63, 3.8) is 0 Å². The quantitative estimate of drug-likeness (QED) is 0.584. The minimum absolute atomic E-state index is 0.0599. The molecule has 0 aliphatic carbocycles. The van der Waals surface area contributed by atoms with Crippen LogP contribution in [0.3, 0.4) is 0 Å². The molecule has 128 valence electrons. The van der Waals surface area contributed by atoms with Crippen LogP contribution in [-0.2, 0) is 9.59 Å². The first kappa shape index (κ1) is 17.7. The first-order chi connectivity index (χ1) is 11.4. The Labute approximate surface area is 140 Å². The summed E-state index contributed by atoms with van der Waals surface area (Å²) in [4.78, 5) is 48.1. The molecule has 0 fully saturated rings. The van der Waals surface area contributed by atoms with Crippen molar-refractivity contribution >= 4 is 29.8 Å². The molecule has 0 aromatic heterocycles. The third-order valence-corrected chi connectivity index (χ3v) is 3.84. The summed E-state index contributed by atoms with van der Waals surface area (Å²) < 4.78 is 0. The van der Waals surface area contributed by atoms with Crippen LogP contribution >= 0.6 is 0 Å². The highest BCUT2D eigenvalue weighted by Gasteiger charge is 2.40. The van der Waals surface area contributed by atoms with E-state index in [9.17, 15) is 19.2 Å². The Morgan fingerprint density at radius 2 is 1.92 bits per heavy atom. The minimum Gasteiger partial charge on any atom is -0.382 e. The van der Waals surface area contributed by atoms with E-state index in [1.54, 1.807) is 25.1 Å². The predicted molar refractivity (Wildman–Crippen MR) is 88.6 cm³/mol. The van der Waals surface area contributed by atoms with Crippen molar-refractivity contribution in [1.82, 2.24) is 10.2 Å². The first-order valence-electron chi connectivity index (χ1n) is 7.87. The van der Waals surface area contributed by atoms with Crippen molar-refractivity contribution in [1.29, 1.82) is 0 Å². The number of amides is 4. The lowest BCUT2D eigenvalue weighted by atomic mass is 10.1. The number of rotatable bonds is 7. The van der Waals surface area contributed by atoms with E-state index < -0.39 is 11.9 Å². The minimum atomic E-state index is -0.443. The largest absolute Gasteiger partial charge is 0.382 e. The van der Waals surface area contributed by atoms with Crippen molar-refractivity contribution in [3.8, 4) is 0 Å². The molecular formula is C17H21N3O4. The van der Waals surface area contributed by atoms with Gasteiger partial charge in [0.1, 0.15) is 0 Å². The Hall–Kier alpha value is -2.70. The van der Waals surface area contributed by atoms with Crippen LogP contribution in [-0.4, -0.2) is 41.1 Å². The zero-order chi connectivity index (χ0) is 17.9. The summed E-state index contributed by atoms with van der Waals surface area (Å²) in [6.07, 6.45) is 0.668. The lowest BCUT2D eigenvalue weighted by molar-refractivity contribution is -0.125. The lowest BCUT2D eigenvalue weighted by Crippen LogP contribution is -2.38. The maximum atomic E-state index is 12.7. The number of nitrogens with one attached hydrogen (secondary N) is 2. The third-order valence-electron chi connectivity index (χ3n) is 3.84. The Morgan fingerprint density at radius 3 is 2.54 bits per heavy atom. The van der Waals surface area contributed by atoms with Gasteiger partial charge in [-0.3, -0.25) is 29.4 Å². The number of hydrogen-bond donors (Lipinski definition) is 2. The Bertz CT molecular complexity index is 684. The highest BCUT2D eigenvalue weighted by atomic mass is 16.2. The molecule has 0 bridgehead atoms. The molecule has 24 heavy (non-hydrogen) atoms. The number of carbonyl (C=O) groups excluding carboxylic acids is 4. The van der Waals surface area contributed by atoms with Gasteiger partial charge in [-0.25, -0.2) is 0 Å². The molecule has 2 N–H and O–H groups in total. The van der Waals surface area contributed by atoms with E-state index in [-0.39, 0.29) is 30.7 Å². The number of fused-ring (bicyclic) bond motifs is 1. The van der Waals surface area contributed by atoms with Gasteiger partial charge < -0.3 is 5.32 Å². The Balaban J connectivity index is 2.20. The summed E-state index contributed by atoms with van der Waals surface area (Å²) in [5, 5.41) is 5.22. The normalized spacial score (nSPS) is 14.6. The molecule has 0 spiro atoms. The molecule has 1 aliphatic rings. The van der Waals surface area contributed by atoms with Crippen molar-refractivity contribution in [2.24, 2.45) is 0 Å². The molecule has 0 saturated heterocycles. The molecule has 1 heterocycles. The van der Waals surface area contributed by atoms with E-state index in [0.29, 0.717) is 23.2 Å². The van der Waals surface area contributed by atoms with Crippen LogP contribution in [0.15, 0.2) is 18.2 Å². The summed E-state index contributed by atoms with van der Waals surface area (Å²) in [5.74, 6) is -1.15. The summed E-state index contributed by atoms with van der Waals surface area (Å²) >= 11 is 0. The topological polar surface area (TPSA) is 95.6 Å². The molecular weight excluding hydrogens is 310 g/mol. The number of anilines is 1. The molecule has 1 aromatic carbocycles. The molecule has 7 heteroatoms. The summed E-state index contributed by atoms with van der Waals surface area (Å²) in [6, 6.07) is 4.82. The fourth-order valence-corrected chi connectivity index (χ4v) is 2.74. The second kappa shape index (κ2) is 7.25. The molecule has 1 atom stereocenters. The van der Waals surface area contributed by atoms with Crippen molar-refractivity contribution in [2.75, 3.05) is 5.32 Å². The van der Waals surface area contributed by atoms with Crippen molar-refractivity contribution in [3.05, 3.63) is 29.3 Å². The van der Waals surface area contributed by atoms with Crippen LogP contribution in [0.5, 0.6) is 0 Å². The van der Waals surface area contributed by atoms with E-state index >= 15 is 0 Å². The van der Waals surface area contributed by atoms with Gasteiger partial charge >= 0.3 is 0 Å². The van der Waals surface area contributed by atoms with Crippen LogP contribution in [0.2, 0.25) is 0 Å². The van der Waals surface area contributed by atoms with Gasteiger partial charge in [-0.05, 0) is 39.3 Å². The van der Waals surface area contributed by atoms with Gasteiger partial charge in [-0.15, -0.1) is 0 Å². The van der Waals surface area contributed by atoms with Crippen molar-refractivity contribution in [2.45, 2.75) is 45.7 Å². The Morgan fingerprint density at radius 1 is 1.21 bits per heavy atom. The highest BCUT2D eigenvalue weighted by molar-refractivity contribution is 6.24. The van der Waals surface area contributed by atoms with Crippen LogP contribution < -0.4 is 10.6 Å². The van der Waals surface area contributed by atoms with Crippen LogP contribution in [0.1, 0.15) is 54.3 Å². The third kappa shape index (κ3) is 3.45. The molecule has 7 nitrogen and oxygen atoms in total. The number of hydrogen-bond acceptors (Lipinski definition) is 5. The zero-order valence-electron chi connectivity index (χ0n) is 14.0. The lowest BCUT2D eigenvalue weighted by Gasteiger charge is -2.22. The van der Waals surface area contributed by atoms with E-state index in [4.69, 9.17) is 0 Å². The highest BCUT2D eigenvalue weighted by Crippen LogP contribution is 2.31. The SMILES string of the molecule is CC(C)Nc1cccc2c1C(=O)N(C(C)CCC(=O)NC=O)C2=O. The van der Waals surface area contributed by atoms with Gasteiger partial charge in [0, 0.05) is 24.2 Å². The van der Waals surface area contributed by atoms with Gasteiger partial charge in [0.25, 0.3) is 11.8 Å². The summed E-state index contributed by atoms with van der Waals surface area (Å²) in [6.45, 7) is 5.62. The smallest absolute Gasteiger partial charge is 0.263 e. The second-order valence-corrected chi connectivity index (χ2v) is 6.08. The van der Waals surface area contributed by atoms with E-state index in [1.165, 1.54) is 4.90 Å². The second-order valence-electron chi connectivity index (χ2n) is 6.08. The molecule has 0 radical (unpaired) electrons. The maximum absolute atomic E-state index is 12.7. The van der Waals surface area contributed by atoms with E-state index in [0.717, 1.165) is 0 Å². The maximum Gasteiger partial charge on any atom is 0.263 e. The van der Waals surface area contributed by atoms with Crippen LogP contribution in [0.25, 0.3) is 0 Å². The number of carbonyl (C=O) groups is 4. The zero-order valence-corrected chi connectivity index (χ0v) is 14.0. The molecule has 4 amide bonds. The molecule has 2 rings (SSSR count). The number of imide groups is 2. The fourth-order valence-electron chi connectivity index (χ4n) is 2.74. The number of nitrogens with zero attached hydrogens (tertiary/aromatic N) is 1. The average Bonchev–Trinajstić information content (AvgIpc) is 2.77. The molecule has 1 unspecified atom stereocenters. The molecule has 1 aromatic rings. The molecule has 1 aliphatic heterocycles. The van der Waals surface area contributed by atoms with Crippen LogP contribution in [0.4, 0.5) is 5.69 Å². The summed E-state index contributed by atoms with van der Waals surface area (Å²) in [5.41, 5.74) is 1.38. The van der Waals surface area contributed by atoms with Gasteiger partial charge in [-0.2, -0.15) is 0 Å². The fraction of sp³-hybridized carbons (Fsp3) is 0.412. The standard InChI is InChI=1S/C17H21N3O4/c1-10(2)19-13-6-4-5-12-15(13)17(24)20(16(12)23)11(3)7-8-14(22)18-9-21/h4-6,9-11,19H,7-8H2,1-3H3,(H,18,21,22). The van der Waals surface area contributed by atoms with E-state index in [2.05, 4.69) is 5.32 Å². The molecule has 0 saturated carbocycles. The van der Waals surface area contributed by atoms with Gasteiger partial charge in [0.05, 0.1) is 11.1 Å². The van der Waals surface area contributed by atoms with Gasteiger partial charge in [-0.1, -0.05) is 6.07 Å².